The second-order valence-electron chi connectivity index (χ2n) is 2.07. The molecule has 1 aromatic heterocycles. The highest BCUT2D eigenvalue weighted by Crippen LogP contribution is 2.25. The molecule has 0 radical (unpaired) electrons. The Kier molecular flexibility index (Phi) is 4.95. The van der Waals surface area contributed by atoms with Crippen molar-refractivity contribution in [2.24, 2.45) is 0 Å². The van der Waals surface area contributed by atoms with Gasteiger partial charge < -0.3 is 0 Å². The van der Waals surface area contributed by atoms with Crippen LogP contribution in [0.3, 0.4) is 0 Å². The van der Waals surface area contributed by atoms with E-state index < -0.39 is 25.0 Å². The van der Waals surface area contributed by atoms with Crippen molar-refractivity contribution in [3.05, 3.63) is 17.7 Å². The molecule has 0 spiro atoms. The van der Waals surface area contributed by atoms with E-state index in [1.165, 1.54) is 0 Å². The smallest absolute Gasteiger partial charge is 0.214 e. The van der Waals surface area contributed by atoms with Crippen LogP contribution in [0.1, 0.15) is 11.6 Å². The predicted molar refractivity (Wildman–Crippen MR) is 36.6 cm³/mol. The van der Waals surface area contributed by atoms with Crippen LogP contribution in [0, 0.1) is 13.0 Å². The highest BCUT2D eigenvalue weighted by Gasteiger charge is 2.35. The van der Waals surface area contributed by atoms with Crippen LogP contribution in [0.15, 0.2) is 0 Å². The second kappa shape index (κ2) is 5.47. The molecule has 0 aliphatic rings. The van der Waals surface area contributed by atoms with Crippen molar-refractivity contribution >= 4 is 0 Å². The van der Waals surface area contributed by atoms with Gasteiger partial charge in [-0.25, -0.2) is 13.8 Å². The van der Waals surface area contributed by atoms with Gasteiger partial charge in [0.1, 0.15) is 5.82 Å². The molecule has 1 aromatic rings. The summed E-state index contributed by atoms with van der Waals surface area (Å²) in [6.07, 6.45) is -6.15. The van der Waals surface area contributed by atoms with E-state index >= 15 is 0 Å². The number of rotatable bonds is 0. The molecule has 1 rings (SSSR count). The number of aryl methyl sites for hydroxylation is 1. The van der Waals surface area contributed by atoms with E-state index in [1.807, 2.05) is 0 Å². The van der Waals surface area contributed by atoms with Crippen molar-refractivity contribution in [3.8, 4) is 0 Å². The Balaban J connectivity index is 0.000000583. The van der Waals surface area contributed by atoms with Crippen LogP contribution < -0.4 is 0 Å². The van der Waals surface area contributed by atoms with E-state index in [0.717, 1.165) is 6.92 Å². The quantitative estimate of drug-likeness (QED) is 0.645. The molecule has 9 heteroatoms. The molecular weight excluding hydrogens is 228 g/mol. The van der Waals surface area contributed by atoms with Gasteiger partial charge in [0.2, 0.25) is 12.8 Å². The number of halogens is 6. The second-order valence-corrected chi connectivity index (χ2v) is 2.07. The Morgan fingerprint density at radius 1 is 1.07 bits per heavy atom. The van der Waals surface area contributed by atoms with Gasteiger partial charge in [0.25, 0.3) is 0 Å². The SMILES string of the molecule is Cc1nc(F)nc(C(F)(F)F)n1.FCF. The third-order valence-electron chi connectivity index (χ3n) is 0.973. The minimum Gasteiger partial charge on any atom is -0.214 e. The van der Waals surface area contributed by atoms with Crippen LogP contribution in [-0.2, 0) is 6.18 Å². The lowest BCUT2D eigenvalue weighted by Gasteiger charge is -2.03. The van der Waals surface area contributed by atoms with Gasteiger partial charge in [-0.3, -0.25) is 0 Å². The molecule has 15 heavy (non-hydrogen) atoms. The summed E-state index contributed by atoms with van der Waals surface area (Å²) in [7, 11) is 0. The summed E-state index contributed by atoms with van der Waals surface area (Å²) in [5, 5.41) is 0. The van der Waals surface area contributed by atoms with Crippen molar-refractivity contribution in [3.63, 3.8) is 0 Å². The van der Waals surface area contributed by atoms with E-state index in [2.05, 4.69) is 15.0 Å². The highest BCUT2D eigenvalue weighted by atomic mass is 19.4. The standard InChI is InChI=1S/C5H3F4N3.CH2F2/c1-2-10-3(5(7,8)9)12-4(6)11-2;2-1-3/h1H3;1H2. The van der Waals surface area contributed by atoms with Crippen LogP contribution in [0.5, 0.6) is 0 Å². The van der Waals surface area contributed by atoms with E-state index in [4.69, 9.17) is 0 Å². The zero-order valence-corrected chi connectivity index (χ0v) is 7.32. The molecule has 0 N–H and O–H groups in total. The molecule has 0 aliphatic heterocycles. The lowest BCUT2D eigenvalue weighted by Crippen LogP contribution is -2.14. The molecule has 3 nitrogen and oxygen atoms in total. The predicted octanol–water partition coefficient (Wildman–Crippen LogP) is 2.22. The summed E-state index contributed by atoms with van der Waals surface area (Å²) in [6.45, 7) is -0.597. The summed E-state index contributed by atoms with van der Waals surface area (Å²) in [4.78, 5) is 8.37. The number of aromatic nitrogens is 3. The van der Waals surface area contributed by atoms with Crippen LogP contribution in [0.2, 0.25) is 0 Å². The molecule has 0 atom stereocenters. The summed E-state index contributed by atoms with van der Waals surface area (Å²) in [6, 6.07) is 0. The zero-order valence-electron chi connectivity index (χ0n) is 7.32. The first-order chi connectivity index (χ1) is 6.81. The summed E-state index contributed by atoms with van der Waals surface area (Å²) >= 11 is 0. The van der Waals surface area contributed by atoms with Crippen molar-refractivity contribution in [2.75, 3.05) is 6.93 Å². The van der Waals surface area contributed by atoms with Crippen LogP contribution >= 0.6 is 0 Å². The Morgan fingerprint density at radius 3 is 1.87 bits per heavy atom. The van der Waals surface area contributed by atoms with Gasteiger partial charge in [0.05, 0.1) is 0 Å². The minimum atomic E-state index is -4.73. The van der Waals surface area contributed by atoms with Crippen molar-refractivity contribution in [1.82, 2.24) is 15.0 Å². The average Bonchev–Trinajstić information content (AvgIpc) is 2.01. The lowest BCUT2D eigenvalue weighted by molar-refractivity contribution is -0.145. The molecule has 0 aliphatic carbocycles. The van der Waals surface area contributed by atoms with Gasteiger partial charge >= 0.3 is 12.3 Å². The fourth-order valence-corrected chi connectivity index (χ4v) is 0.576. The molecule has 0 bridgehead atoms. The molecule has 0 fully saturated rings. The number of hydrogen-bond acceptors (Lipinski definition) is 3. The third kappa shape index (κ3) is 5.13. The first-order valence-corrected chi connectivity index (χ1v) is 3.38. The van der Waals surface area contributed by atoms with Crippen molar-refractivity contribution < 1.29 is 26.3 Å². The molecule has 0 aromatic carbocycles. The molecule has 0 saturated carbocycles. The zero-order chi connectivity index (χ0) is 12.1. The van der Waals surface area contributed by atoms with E-state index in [1.54, 1.807) is 0 Å². The Labute approximate surface area is 80.2 Å². The topological polar surface area (TPSA) is 38.7 Å². The maximum atomic E-state index is 12.2. The molecule has 1 heterocycles. The van der Waals surface area contributed by atoms with Gasteiger partial charge in [-0.15, -0.1) is 0 Å². The largest absolute Gasteiger partial charge is 0.451 e. The summed E-state index contributed by atoms with van der Waals surface area (Å²) in [5.41, 5.74) is 0. The molecule has 0 saturated heterocycles. The lowest BCUT2D eigenvalue weighted by atomic mass is 10.5. The van der Waals surface area contributed by atoms with Gasteiger partial charge in [0.15, 0.2) is 0 Å². The summed E-state index contributed by atoms with van der Waals surface area (Å²) < 4.78 is 66.9. The van der Waals surface area contributed by atoms with Gasteiger partial charge in [-0.05, 0) is 6.92 Å². The van der Waals surface area contributed by atoms with Crippen molar-refractivity contribution in [1.29, 1.82) is 0 Å². The Hall–Kier alpha value is -1.41. The maximum Gasteiger partial charge on any atom is 0.451 e. The van der Waals surface area contributed by atoms with Crippen LogP contribution in [-0.4, -0.2) is 21.9 Å². The number of nitrogens with zero attached hydrogens (tertiary/aromatic N) is 3. The van der Waals surface area contributed by atoms with E-state index in [-0.39, 0.29) is 5.82 Å². The molecule has 0 amide bonds. The maximum absolute atomic E-state index is 12.2. The average molecular weight is 233 g/mol. The van der Waals surface area contributed by atoms with Gasteiger partial charge in [-0.2, -0.15) is 27.5 Å². The Morgan fingerprint density at radius 2 is 1.53 bits per heavy atom. The molecule has 0 unspecified atom stereocenters. The van der Waals surface area contributed by atoms with Gasteiger partial charge in [0, 0.05) is 0 Å². The third-order valence-corrected chi connectivity index (χ3v) is 0.973. The normalized spacial score (nSPS) is 10.6. The Bertz CT molecular complexity index is 292. The van der Waals surface area contributed by atoms with Crippen molar-refractivity contribution in [2.45, 2.75) is 13.1 Å². The van der Waals surface area contributed by atoms with E-state index in [0.29, 0.717) is 0 Å². The summed E-state index contributed by atoms with van der Waals surface area (Å²) in [5.74, 6) is -1.80. The first-order valence-electron chi connectivity index (χ1n) is 3.38. The highest BCUT2D eigenvalue weighted by molar-refractivity contribution is 4.93. The van der Waals surface area contributed by atoms with Gasteiger partial charge in [-0.1, -0.05) is 0 Å². The van der Waals surface area contributed by atoms with Crippen LogP contribution in [0.4, 0.5) is 26.3 Å². The fourth-order valence-electron chi connectivity index (χ4n) is 0.576. The number of alkyl halides is 5. The fraction of sp³-hybridized carbons (Fsp3) is 0.500. The molecular formula is C6H5F6N3. The monoisotopic (exact) mass is 233 g/mol. The van der Waals surface area contributed by atoms with Crippen LogP contribution in [0.25, 0.3) is 0 Å². The minimum absolute atomic E-state index is 0.296. The molecule has 86 valence electrons. The van der Waals surface area contributed by atoms with E-state index in [9.17, 15) is 26.3 Å². The number of hydrogen-bond donors (Lipinski definition) is 0. The first kappa shape index (κ1) is 13.6.